The summed E-state index contributed by atoms with van der Waals surface area (Å²) < 4.78 is 0. The highest BCUT2D eigenvalue weighted by Crippen LogP contribution is 2.15. The van der Waals surface area contributed by atoms with Crippen LogP contribution in [0.15, 0.2) is 30.5 Å². The van der Waals surface area contributed by atoms with E-state index in [2.05, 4.69) is 35.4 Å². The number of aromatic nitrogens is 1. The molecule has 0 atom stereocenters. The van der Waals surface area contributed by atoms with Crippen LogP contribution in [0, 0.1) is 12.8 Å². The molecule has 0 spiro atoms. The lowest BCUT2D eigenvalue weighted by atomic mass is 10.1. The Morgan fingerprint density at radius 2 is 1.85 bits per heavy atom. The van der Waals surface area contributed by atoms with Gasteiger partial charge in [0.05, 0.1) is 6.54 Å². The lowest BCUT2D eigenvalue weighted by molar-refractivity contribution is -0.121. The van der Waals surface area contributed by atoms with Crippen molar-refractivity contribution < 1.29 is 4.79 Å². The second-order valence-corrected chi connectivity index (χ2v) is 5.67. The van der Waals surface area contributed by atoms with Gasteiger partial charge in [0.2, 0.25) is 0 Å². The number of rotatable bonds is 4. The topological polar surface area (TPSA) is 44.9 Å². The molecule has 1 heterocycles. The van der Waals surface area contributed by atoms with Gasteiger partial charge in [0, 0.05) is 29.1 Å². The average Bonchev–Trinajstić information content (AvgIpc) is 2.79. The maximum atomic E-state index is 11.0. The van der Waals surface area contributed by atoms with Gasteiger partial charge in [-0.25, -0.2) is 0 Å². The van der Waals surface area contributed by atoms with Crippen LogP contribution >= 0.6 is 0 Å². The number of H-pyrrole nitrogens is 1. The van der Waals surface area contributed by atoms with Crippen LogP contribution in [0.4, 0.5) is 0 Å². The van der Waals surface area contributed by atoms with Crippen molar-refractivity contribution in [2.45, 2.75) is 40.7 Å². The number of hydrogen-bond acceptors (Lipinski definition) is 2. The summed E-state index contributed by atoms with van der Waals surface area (Å²) in [6.07, 6.45) is 2.03. The summed E-state index contributed by atoms with van der Waals surface area (Å²) in [5, 5.41) is 4.40. The molecule has 2 N–H and O–H groups in total. The molecule has 1 aromatic carbocycles. The Labute approximate surface area is 121 Å². The minimum atomic E-state index is 0.159. The zero-order valence-corrected chi connectivity index (χ0v) is 13.2. The molecule has 0 aliphatic carbocycles. The van der Waals surface area contributed by atoms with Gasteiger partial charge in [-0.2, -0.15) is 0 Å². The highest BCUT2D eigenvalue weighted by molar-refractivity contribution is 5.82. The molecule has 1 aromatic heterocycles. The Kier molecular flexibility index (Phi) is 6.46. The summed E-state index contributed by atoms with van der Waals surface area (Å²) >= 11 is 0. The fourth-order valence-corrected chi connectivity index (χ4v) is 1.73. The number of fused-ring (bicyclic) bond motifs is 1. The molecule has 0 bridgehead atoms. The van der Waals surface area contributed by atoms with Crippen LogP contribution in [0.2, 0.25) is 0 Å². The smallest absolute Gasteiger partial charge is 0.149 e. The van der Waals surface area contributed by atoms with Gasteiger partial charge >= 0.3 is 0 Å². The van der Waals surface area contributed by atoms with E-state index in [-0.39, 0.29) is 11.7 Å². The van der Waals surface area contributed by atoms with Crippen LogP contribution in [0.5, 0.6) is 0 Å². The molecular weight excluding hydrogens is 248 g/mol. The van der Waals surface area contributed by atoms with E-state index >= 15 is 0 Å². The van der Waals surface area contributed by atoms with E-state index in [1.807, 2.05) is 40.0 Å². The molecule has 20 heavy (non-hydrogen) atoms. The molecule has 0 saturated carbocycles. The molecular formula is C17H26N2O. The fourth-order valence-electron chi connectivity index (χ4n) is 1.73. The number of aryl methyl sites for hydroxylation is 1. The number of aromatic amines is 1. The Morgan fingerprint density at radius 3 is 2.40 bits per heavy atom. The second kappa shape index (κ2) is 7.85. The molecule has 0 unspecified atom stereocenters. The molecule has 110 valence electrons. The molecule has 0 aliphatic rings. The number of benzene rings is 1. The van der Waals surface area contributed by atoms with Crippen LogP contribution < -0.4 is 5.32 Å². The van der Waals surface area contributed by atoms with Gasteiger partial charge in [-0.3, -0.25) is 4.79 Å². The van der Waals surface area contributed by atoms with E-state index < -0.39 is 0 Å². The van der Waals surface area contributed by atoms with Gasteiger partial charge in [0.1, 0.15) is 5.78 Å². The molecule has 0 aliphatic heterocycles. The van der Waals surface area contributed by atoms with Crippen molar-refractivity contribution in [3.63, 3.8) is 0 Å². The molecule has 3 nitrogen and oxygen atoms in total. The molecule has 3 heteroatoms. The van der Waals surface area contributed by atoms with Crippen molar-refractivity contribution in [2.75, 3.05) is 6.54 Å². The number of para-hydroxylation sites is 1. The normalized spacial score (nSPS) is 10.8. The Hall–Kier alpha value is -1.61. The highest BCUT2D eigenvalue weighted by Gasteiger charge is 2.06. The number of ketones is 1. The van der Waals surface area contributed by atoms with Gasteiger partial charge in [-0.1, -0.05) is 45.9 Å². The summed E-state index contributed by atoms with van der Waals surface area (Å²) in [6.45, 7) is 10.5. The number of nitrogens with one attached hydrogen (secondary N) is 2. The van der Waals surface area contributed by atoms with Crippen molar-refractivity contribution in [2.24, 2.45) is 5.92 Å². The van der Waals surface area contributed by atoms with E-state index in [1.165, 1.54) is 16.5 Å². The van der Waals surface area contributed by atoms with E-state index in [1.54, 1.807) is 0 Å². The first-order valence-electron chi connectivity index (χ1n) is 7.20. The Bertz CT molecular complexity index is 541. The maximum absolute atomic E-state index is 11.0. The van der Waals surface area contributed by atoms with Gasteiger partial charge < -0.3 is 10.3 Å². The zero-order chi connectivity index (χ0) is 15.1. The molecule has 0 saturated heterocycles. The highest BCUT2D eigenvalue weighted by atomic mass is 16.1. The first-order valence-corrected chi connectivity index (χ1v) is 7.20. The predicted molar refractivity (Wildman–Crippen MR) is 86.0 cm³/mol. The largest absolute Gasteiger partial charge is 0.361 e. The van der Waals surface area contributed by atoms with Crippen molar-refractivity contribution in [1.29, 1.82) is 0 Å². The number of hydrogen-bond donors (Lipinski definition) is 2. The van der Waals surface area contributed by atoms with Crippen LogP contribution in [-0.2, 0) is 4.79 Å². The standard InChI is InChI=1S/C9H9N.C8H17NO/c1-7-6-10-9-5-3-2-4-8(7)9;1-6(2)8(10)5-9-7(3)4/h2-6,10H,1H3;6-7,9H,5H2,1-4H3. The van der Waals surface area contributed by atoms with E-state index in [0.29, 0.717) is 12.6 Å². The fraction of sp³-hybridized carbons (Fsp3) is 0.471. The minimum absolute atomic E-state index is 0.159. The Morgan fingerprint density at radius 1 is 1.20 bits per heavy atom. The molecule has 0 amide bonds. The van der Waals surface area contributed by atoms with E-state index in [4.69, 9.17) is 0 Å². The summed E-state index contributed by atoms with van der Waals surface area (Å²) in [5.74, 6) is 0.444. The van der Waals surface area contributed by atoms with Crippen molar-refractivity contribution >= 4 is 16.7 Å². The number of Topliss-reactive ketones (excluding diaryl/α,β-unsaturated/α-hetero) is 1. The van der Waals surface area contributed by atoms with Crippen molar-refractivity contribution in [3.05, 3.63) is 36.0 Å². The monoisotopic (exact) mass is 274 g/mol. The summed E-state index contributed by atoms with van der Waals surface area (Å²) in [5.41, 5.74) is 2.54. The molecule has 2 rings (SSSR count). The summed E-state index contributed by atoms with van der Waals surface area (Å²) in [7, 11) is 0. The predicted octanol–water partition coefficient (Wildman–Crippen LogP) is 3.69. The van der Waals surface area contributed by atoms with Gasteiger partial charge in [-0.15, -0.1) is 0 Å². The van der Waals surface area contributed by atoms with Gasteiger partial charge in [0.25, 0.3) is 0 Å². The molecule has 0 radical (unpaired) electrons. The SMILES string of the molecule is CC(C)NCC(=O)C(C)C.Cc1c[nH]c2ccccc12. The third-order valence-electron chi connectivity index (χ3n) is 3.12. The van der Waals surface area contributed by atoms with Gasteiger partial charge in [0.15, 0.2) is 0 Å². The van der Waals surface area contributed by atoms with Crippen molar-refractivity contribution in [3.8, 4) is 0 Å². The van der Waals surface area contributed by atoms with Crippen molar-refractivity contribution in [1.82, 2.24) is 10.3 Å². The van der Waals surface area contributed by atoms with Crippen LogP contribution in [-0.4, -0.2) is 23.4 Å². The van der Waals surface area contributed by atoms with E-state index in [0.717, 1.165) is 0 Å². The lowest BCUT2D eigenvalue weighted by Crippen LogP contribution is -2.31. The molecule has 0 fully saturated rings. The average molecular weight is 274 g/mol. The third-order valence-corrected chi connectivity index (χ3v) is 3.12. The first kappa shape index (κ1) is 16.4. The lowest BCUT2D eigenvalue weighted by Gasteiger charge is -2.08. The zero-order valence-electron chi connectivity index (χ0n) is 13.2. The number of carbonyl (C=O) groups excluding carboxylic acids is 1. The quantitative estimate of drug-likeness (QED) is 0.893. The third kappa shape index (κ3) is 5.17. The van der Waals surface area contributed by atoms with Crippen LogP contribution in [0.25, 0.3) is 10.9 Å². The van der Waals surface area contributed by atoms with Crippen LogP contribution in [0.3, 0.4) is 0 Å². The Balaban J connectivity index is 0.000000200. The first-order chi connectivity index (χ1) is 9.41. The summed E-state index contributed by atoms with van der Waals surface area (Å²) in [4.78, 5) is 14.2. The number of carbonyl (C=O) groups is 1. The van der Waals surface area contributed by atoms with E-state index in [9.17, 15) is 4.79 Å². The summed E-state index contributed by atoms with van der Waals surface area (Å²) in [6, 6.07) is 8.72. The minimum Gasteiger partial charge on any atom is -0.361 e. The van der Waals surface area contributed by atoms with Gasteiger partial charge in [-0.05, 0) is 18.6 Å². The maximum Gasteiger partial charge on any atom is 0.149 e. The molecule has 2 aromatic rings. The van der Waals surface area contributed by atoms with Crippen LogP contribution in [0.1, 0.15) is 33.3 Å². The second-order valence-electron chi connectivity index (χ2n) is 5.67.